The van der Waals surface area contributed by atoms with Gasteiger partial charge in [-0.25, -0.2) is 0 Å². The maximum atomic E-state index is 10.9. The van der Waals surface area contributed by atoms with E-state index in [0.717, 1.165) is 5.56 Å². The number of benzene rings is 1. The zero-order chi connectivity index (χ0) is 11.4. The molecule has 1 aromatic carbocycles. The maximum absolute atomic E-state index is 10.9. The van der Waals surface area contributed by atoms with Crippen molar-refractivity contribution < 1.29 is 9.53 Å². The van der Waals surface area contributed by atoms with Gasteiger partial charge in [0.1, 0.15) is 0 Å². The number of rotatable bonds is 3. The molecule has 0 fully saturated rings. The Hall–Kier alpha value is -1.61. The van der Waals surface area contributed by atoms with E-state index in [4.69, 9.17) is 0 Å². The molecule has 0 bridgehead atoms. The lowest BCUT2D eigenvalue weighted by atomic mass is 10.1. The summed E-state index contributed by atoms with van der Waals surface area (Å²) >= 11 is 1.72. The van der Waals surface area contributed by atoms with Crippen LogP contribution in [-0.4, -0.2) is 13.1 Å². The fourth-order valence-corrected chi connectivity index (χ4v) is 2.29. The van der Waals surface area contributed by atoms with Crippen molar-refractivity contribution in [2.24, 2.45) is 0 Å². The van der Waals surface area contributed by atoms with Gasteiger partial charge in [-0.2, -0.15) is 0 Å². The highest BCUT2D eigenvalue weighted by Crippen LogP contribution is 2.22. The summed E-state index contributed by atoms with van der Waals surface area (Å²) in [6.07, 6.45) is 4.08. The van der Waals surface area contributed by atoms with E-state index in [9.17, 15) is 4.79 Å². The molecular formula is C13H12O2S. The van der Waals surface area contributed by atoms with E-state index in [1.54, 1.807) is 11.3 Å². The maximum Gasteiger partial charge on any atom is 0.309 e. The average Bonchev–Trinajstić information content (AvgIpc) is 2.76. The van der Waals surface area contributed by atoms with Crippen molar-refractivity contribution >= 4 is 33.5 Å². The number of esters is 1. The second-order valence-electron chi connectivity index (χ2n) is 3.40. The van der Waals surface area contributed by atoms with Gasteiger partial charge in [-0.05, 0) is 28.5 Å². The topological polar surface area (TPSA) is 26.3 Å². The molecule has 0 saturated heterocycles. The number of methoxy groups -OCH3 is 1. The minimum Gasteiger partial charge on any atom is -0.469 e. The molecule has 1 heterocycles. The lowest BCUT2D eigenvalue weighted by molar-refractivity contribution is -0.139. The van der Waals surface area contributed by atoms with Crippen LogP contribution < -0.4 is 0 Å². The van der Waals surface area contributed by atoms with Crippen molar-refractivity contribution in [2.45, 2.75) is 6.42 Å². The second kappa shape index (κ2) is 4.94. The van der Waals surface area contributed by atoms with Gasteiger partial charge in [0, 0.05) is 4.70 Å². The van der Waals surface area contributed by atoms with E-state index in [1.807, 2.05) is 18.2 Å². The first kappa shape index (κ1) is 10.9. The number of carbonyl (C=O) groups is 1. The Bertz CT molecular complexity index is 525. The molecular weight excluding hydrogens is 220 g/mol. The van der Waals surface area contributed by atoms with Crippen LogP contribution in [0.5, 0.6) is 0 Å². The zero-order valence-electron chi connectivity index (χ0n) is 8.97. The predicted octanol–water partition coefficient (Wildman–Crippen LogP) is 3.48. The van der Waals surface area contributed by atoms with Crippen molar-refractivity contribution in [1.29, 1.82) is 0 Å². The van der Waals surface area contributed by atoms with Gasteiger partial charge >= 0.3 is 5.97 Å². The summed E-state index contributed by atoms with van der Waals surface area (Å²) in [6.45, 7) is 0. The summed E-state index contributed by atoms with van der Waals surface area (Å²) in [4.78, 5) is 10.9. The van der Waals surface area contributed by atoms with Crippen LogP contribution in [0.1, 0.15) is 12.0 Å². The molecule has 0 unspecified atom stereocenters. The molecule has 0 amide bonds. The minimum atomic E-state index is -0.214. The summed E-state index contributed by atoms with van der Waals surface area (Å²) in [5.74, 6) is -0.214. The fourth-order valence-electron chi connectivity index (χ4n) is 1.45. The van der Waals surface area contributed by atoms with E-state index >= 15 is 0 Å². The summed E-state index contributed by atoms with van der Waals surface area (Å²) < 4.78 is 5.82. The number of thiophene rings is 1. The molecule has 0 N–H and O–H groups in total. The van der Waals surface area contributed by atoms with Crippen LogP contribution >= 0.6 is 11.3 Å². The monoisotopic (exact) mass is 232 g/mol. The first-order valence-electron chi connectivity index (χ1n) is 5.00. The van der Waals surface area contributed by atoms with E-state index < -0.39 is 0 Å². The van der Waals surface area contributed by atoms with Gasteiger partial charge in [-0.3, -0.25) is 4.79 Å². The Balaban J connectivity index is 2.11. The van der Waals surface area contributed by atoms with Crippen molar-refractivity contribution in [3.63, 3.8) is 0 Å². The molecule has 2 rings (SSSR count). The third-order valence-electron chi connectivity index (χ3n) is 2.30. The number of carbonyl (C=O) groups excluding carboxylic acids is 1. The molecule has 0 aliphatic rings. The van der Waals surface area contributed by atoms with Crippen LogP contribution in [0.15, 0.2) is 35.7 Å². The van der Waals surface area contributed by atoms with Gasteiger partial charge in [0.15, 0.2) is 0 Å². The summed E-state index contributed by atoms with van der Waals surface area (Å²) in [6, 6.07) is 8.35. The van der Waals surface area contributed by atoms with Gasteiger partial charge in [0.25, 0.3) is 0 Å². The first-order valence-corrected chi connectivity index (χ1v) is 5.88. The van der Waals surface area contributed by atoms with Crippen molar-refractivity contribution in [1.82, 2.24) is 0 Å². The number of hydrogen-bond acceptors (Lipinski definition) is 3. The normalized spacial score (nSPS) is 11.1. The second-order valence-corrected chi connectivity index (χ2v) is 4.35. The van der Waals surface area contributed by atoms with Gasteiger partial charge in [-0.15, -0.1) is 11.3 Å². The molecule has 0 spiro atoms. The smallest absolute Gasteiger partial charge is 0.309 e. The largest absolute Gasteiger partial charge is 0.469 e. The molecule has 2 aromatic rings. The van der Waals surface area contributed by atoms with Crippen LogP contribution in [0.25, 0.3) is 16.2 Å². The molecule has 0 atom stereocenters. The van der Waals surface area contributed by atoms with Crippen molar-refractivity contribution in [2.75, 3.05) is 7.11 Å². The molecule has 1 aromatic heterocycles. The Kier molecular flexibility index (Phi) is 3.37. The van der Waals surface area contributed by atoms with E-state index in [0.29, 0.717) is 6.42 Å². The molecule has 0 aliphatic heterocycles. The highest BCUT2D eigenvalue weighted by Gasteiger charge is 1.96. The van der Waals surface area contributed by atoms with Gasteiger partial charge in [0.05, 0.1) is 13.5 Å². The Morgan fingerprint density at radius 2 is 2.31 bits per heavy atom. The molecule has 2 nitrogen and oxygen atoms in total. The third-order valence-corrected chi connectivity index (χ3v) is 3.18. The summed E-state index contributed by atoms with van der Waals surface area (Å²) in [5.41, 5.74) is 1.11. The standard InChI is InChI=1S/C13H12O2S/c1-15-13(14)4-2-3-10-5-6-11-7-8-16-12(11)9-10/h2-3,5-9H,4H2,1H3. The van der Waals surface area contributed by atoms with E-state index in [1.165, 1.54) is 17.2 Å². The molecule has 0 saturated carbocycles. The molecule has 16 heavy (non-hydrogen) atoms. The summed E-state index contributed by atoms with van der Waals surface area (Å²) in [5, 5.41) is 3.34. The Morgan fingerprint density at radius 1 is 1.44 bits per heavy atom. The molecule has 0 aliphatic carbocycles. The highest BCUT2D eigenvalue weighted by molar-refractivity contribution is 7.17. The summed E-state index contributed by atoms with van der Waals surface area (Å²) in [7, 11) is 1.40. The number of fused-ring (bicyclic) bond motifs is 1. The highest BCUT2D eigenvalue weighted by atomic mass is 32.1. The lowest BCUT2D eigenvalue weighted by Gasteiger charge is -1.95. The van der Waals surface area contributed by atoms with Gasteiger partial charge in [0.2, 0.25) is 0 Å². The van der Waals surface area contributed by atoms with Gasteiger partial charge in [-0.1, -0.05) is 24.3 Å². The van der Waals surface area contributed by atoms with Crippen molar-refractivity contribution in [3.8, 4) is 0 Å². The SMILES string of the molecule is COC(=O)CC=Cc1ccc2ccsc2c1. The predicted molar refractivity (Wildman–Crippen MR) is 67.5 cm³/mol. The quantitative estimate of drug-likeness (QED) is 0.757. The average molecular weight is 232 g/mol. The Morgan fingerprint density at radius 3 is 3.12 bits per heavy atom. The minimum absolute atomic E-state index is 0.214. The molecule has 0 radical (unpaired) electrons. The molecule has 82 valence electrons. The van der Waals surface area contributed by atoms with Crippen LogP contribution in [-0.2, 0) is 9.53 Å². The first-order chi connectivity index (χ1) is 7.79. The van der Waals surface area contributed by atoms with Crippen LogP contribution in [0.4, 0.5) is 0 Å². The van der Waals surface area contributed by atoms with E-state index in [-0.39, 0.29) is 5.97 Å². The third kappa shape index (κ3) is 2.49. The van der Waals surface area contributed by atoms with E-state index in [2.05, 4.69) is 28.3 Å². The zero-order valence-corrected chi connectivity index (χ0v) is 9.79. The molecule has 3 heteroatoms. The van der Waals surface area contributed by atoms with Crippen molar-refractivity contribution in [3.05, 3.63) is 41.3 Å². The number of ether oxygens (including phenoxy) is 1. The van der Waals surface area contributed by atoms with Crippen LogP contribution in [0, 0.1) is 0 Å². The Labute approximate surface area is 98.2 Å². The number of hydrogen-bond donors (Lipinski definition) is 0. The fraction of sp³-hybridized carbons (Fsp3) is 0.154. The van der Waals surface area contributed by atoms with Gasteiger partial charge < -0.3 is 4.74 Å². The van der Waals surface area contributed by atoms with Crippen LogP contribution in [0.3, 0.4) is 0 Å². The lowest BCUT2D eigenvalue weighted by Crippen LogP contribution is -1.96. The van der Waals surface area contributed by atoms with Crippen LogP contribution in [0.2, 0.25) is 0 Å².